The van der Waals surface area contributed by atoms with Crippen molar-refractivity contribution in [3.63, 3.8) is 0 Å². The minimum Gasteiger partial charge on any atom is -0.452 e. The Morgan fingerprint density at radius 3 is 1.64 bits per heavy atom. The van der Waals surface area contributed by atoms with Crippen LogP contribution < -0.4 is 0 Å². The number of aryl methyl sites for hydroxylation is 2. The van der Waals surface area contributed by atoms with E-state index in [9.17, 15) is 19.8 Å². The number of fused-ring (bicyclic) bond motifs is 1. The Balaban J connectivity index is 0.000000207. The molecule has 5 rings (SSSR count). The number of aliphatic hydroxyl groups excluding tert-OH is 2. The SMILES string of the molecule is COC1C(OC(=O)c2ccc(C)[nH]2)C(O)C(O)OC1(C)C.COC1C(OC(=O)c2ccc(C)[nH]2)C2OC(C)(C)OC2OC1(C)C. The zero-order valence-corrected chi connectivity index (χ0v) is 27.4. The molecule has 0 saturated carbocycles. The molecule has 5 heterocycles. The van der Waals surface area contributed by atoms with E-state index in [-0.39, 0.29) is 5.69 Å². The topological polar surface area (TPSA) is 180 Å². The lowest BCUT2D eigenvalue weighted by Crippen LogP contribution is -2.63. The number of ether oxygens (including phenoxy) is 8. The molecule has 8 unspecified atom stereocenters. The van der Waals surface area contributed by atoms with E-state index in [1.165, 1.54) is 7.11 Å². The fraction of sp³-hybridized carbons (Fsp3) is 0.677. The summed E-state index contributed by atoms with van der Waals surface area (Å²) in [6.45, 7) is 14.4. The predicted octanol–water partition coefficient (Wildman–Crippen LogP) is 2.50. The largest absolute Gasteiger partial charge is 0.452 e. The summed E-state index contributed by atoms with van der Waals surface area (Å²) < 4.78 is 45.0. The minimum atomic E-state index is -1.45. The van der Waals surface area contributed by atoms with Crippen LogP contribution >= 0.6 is 0 Å². The molecule has 0 amide bonds. The first-order valence-corrected chi connectivity index (χ1v) is 14.8. The molecule has 0 radical (unpaired) electrons. The van der Waals surface area contributed by atoms with Crippen molar-refractivity contribution in [1.29, 1.82) is 0 Å². The summed E-state index contributed by atoms with van der Waals surface area (Å²) in [5, 5.41) is 19.8. The van der Waals surface area contributed by atoms with Gasteiger partial charge in [0.15, 0.2) is 36.7 Å². The monoisotopic (exact) mass is 638 g/mol. The Bertz CT molecular complexity index is 1330. The highest BCUT2D eigenvalue weighted by Crippen LogP contribution is 2.42. The van der Waals surface area contributed by atoms with Crippen molar-refractivity contribution in [2.24, 2.45) is 0 Å². The van der Waals surface area contributed by atoms with Gasteiger partial charge in [0.05, 0.1) is 11.2 Å². The van der Waals surface area contributed by atoms with Crippen molar-refractivity contribution >= 4 is 11.9 Å². The van der Waals surface area contributed by atoms with E-state index < -0.39 is 78.1 Å². The zero-order chi connectivity index (χ0) is 33.5. The highest BCUT2D eigenvalue weighted by Gasteiger charge is 2.59. The quantitative estimate of drug-likeness (QED) is 0.340. The van der Waals surface area contributed by atoms with Crippen molar-refractivity contribution in [1.82, 2.24) is 9.97 Å². The van der Waals surface area contributed by atoms with Crippen LogP contribution in [-0.4, -0.2) is 113 Å². The number of carbonyl (C=O) groups excluding carboxylic acids is 2. The zero-order valence-electron chi connectivity index (χ0n) is 27.4. The van der Waals surface area contributed by atoms with E-state index in [0.29, 0.717) is 5.69 Å². The van der Waals surface area contributed by atoms with Gasteiger partial charge in [-0.1, -0.05) is 0 Å². The van der Waals surface area contributed by atoms with Crippen LogP contribution in [0.25, 0.3) is 0 Å². The molecular formula is C31H46N2O12. The van der Waals surface area contributed by atoms with Crippen LogP contribution in [0.5, 0.6) is 0 Å². The summed E-state index contributed by atoms with van der Waals surface area (Å²) in [5.74, 6) is -1.90. The van der Waals surface area contributed by atoms with Gasteiger partial charge in [0.1, 0.15) is 29.7 Å². The molecule has 0 spiro atoms. The number of methoxy groups -OCH3 is 2. The number of rotatable bonds is 6. The van der Waals surface area contributed by atoms with Crippen molar-refractivity contribution < 1.29 is 57.7 Å². The van der Waals surface area contributed by atoms with E-state index in [4.69, 9.17) is 37.9 Å². The molecule has 3 saturated heterocycles. The molecule has 14 heteroatoms. The second-order valence-corrected chi connectivity index (χ2v) is 13.0. The van der Waals surface area contributed by atoms with Gasteiger partial charge in [-0.3, -0.25) is 0 Å². The van der Waals surface area contributed by atoms with Crippen molar-refractivity contribution in [3.8, 4) is 0 Å². The van der Waals surface area contributed by atoms with Gasteiger partial charge in [0.25, 0.3) is 0 Å². The van der Waals surface area contributed by atoms with Gasteiger partial charge >= 0.3 is 11.9 Å². The number of aromatic amines is 2. The molecular weight excluding hydrogens is 592 g/mol. The number of nitrogens with one attached hydrogen (secondary N) is 2. The van der Waals surface area contributed by atoms with Gasteiger partial charge in [-0.25, -0.2) is 9.59 Å². The normalized spacial score (nSPS) is 33.0. The van der Waals surface area contributed by atoms with Crippen molar-refractivity contribution in [3.05, 3.63) is 47.0 Å². The van der Waals surface area contributed by atoms with Crippen LogP contribution in [0, 0.1) is 13.8 Å². The molecule has 0 aliphatic carbocycles. The van der Waals surface area contributed by atoms with Gasteiger partial charge in [-0.15, -0.1) is 0 Å². The van der Waals surface area contributed by atoms with Crippen LogP contribution in [0.4, 0.5) is 0 Å². The lowest BCUT2D eigenvalue weighted by molar-refractivity contribution is -0.313. The summed E-state index contributed by atoms with van der Waals surface area (Å²) >= 11 is 0. The van der Waals surface area contributed by atoms with E-state index in [1.54, 1.807) is 53.0 Å². The Kier molecular flexibility index (Phi) is 10.2. The summed E-state index contributed by atoms with van der Waals surface area (Å²) in [4.78, 5) is 30.4. The Morgan fingerprint density at radius 2 is 1.18 bits per heavy atom. The molecule has 3 fully saturated rings. The number of esters is 2. The van der Waals surface area contributed by atoms with Crippen LogP contribution in [0.15, 0.2) is 24.3 Å². The van der Waals surface area contributed by atoms with Gasteiger partial charge < -0.3 is 58.1 Å². The van der Waals surface area contributed by atoms with Crippen LogP contribution in [0.1, 0.15) is 73.9 Å². The van der Waals surface area contributed by atoms with E-state index in [0.717, 1.165) is 11.4 Å². The smallest absolute Gasteiger partial charge is 0.355 e. The molecule has 8 atom stereocenters. The van der Waals surface area contributed by atoms with Crippen molar-refractivity contribution in [2.45, 2.75) is 122 Å². The lowest BCUT2D eigenvalue weighted by atomic mass is 9.89. The fourth-order valence-corrected chi connectivity index (χ4v) is 5.91. The third-order valence-corrected chi connectivity index (χ3v) is 7.95. The molecule has 4 N–H and O–H groups in total. The second kappa shape index (κ2) is 13.1. The first-order chi connectivity index (χ1) is 20.9. The molecule has 0 bridgehead atoms. The standard InChI is InChI=1S/C17H25NO6.C14H21NO6/c1-9-7-8-10(18-9)14(19)21-11-12-15(24-17(4,5)22-12)23-16(2,3)13(11)20-6;1-7-5-6-8(15-7)12(17)20-10-9(16)13(18)21-14(2,3)11(10)19-4/h7-8,11-13,15,18H,1-6H3;5-6,9-11,13,15-16,18H,1-4H3. The molecule has 14 nitrogen and oxygen atoms in total. The van der Waals surface area contributed by atoms with Crippen LogP contribution in [0.3, 0.4) is 0 Å². The second-order valence-electron chi connectivity index (χ2n) is 13.0. The Hall–Kier alpha value is -2.82. The van der Waals surface area contributed by atoms with E-state index in [1.807, 2.05) is 33.8 Å². The Labute approximate surface area is 262 Å². The summed E-state index contributed by atoms with van der Waals surface area (Å²) in [6.07, 6.45) is -6.90. The summed E-state index contributed by atoms with van der Waals surface area (Å²) in [6, 6.07) is 6.84. The van der Waals surface area contributed by atoms with Crippen molar-refractivity contribution in [2.75, 3.05) is 14.2 Å². The molecule has 0 aromatic carbocycles. The molecule has 3 aliphatic heterocycles. The van der Waals surface area contributed by atoms with Gasteiger partial charge in [0.2, 0.25) is 0 Å². The number of H-pyrrole nitrogens is 2. The summed E-state index contributed by atoms with van der Waals surface area (Å²) in [5.41, 5.74) is 0.755. The van der Waals surface area contributed by atoms with Gasteiger partial charge in [-0.05, 0) is 79.7 Å². The number of hydrogen-bond acceptors (Lipinski definition) is 12. The maximum absolute atomic E-state index is 12.5. The number of carbonyl (C=O) groups is 2. The third-order valence-electron chi connectivity index (χ3n) is 7.95. The van der Waals surface area contributed by atoms with Crippen LogP contribution in [-0.2, 0) is 37.9 Å². The molecule has 3 aliphatic rings. The van der Waals surface area contributed by atoms with E-state index in [2.05, 4.69) is 9.97 Å². The number of aromatic nitrogens is 2. The first kappa shape index (κ1) is 35.0. The average molecular weight is 639 g/mol. The predicted molar refractivity (Wildman–Crippen MR) is 157 cm³/mol. The molecule has 2 aromatic rings. The molecule has 45 heavy (non-hydrogen) atoms. The number of aliphatic hydroxyl groups is 2. The highest BCUT2D eigenvalue weighted by molar-refractivity contribution is 5.88. The number of hydrogen-bond donors (Lipinski definition) is 4. The lowest BCUT2D eigenvalue weighted by Gasteiger charge is -2.46. The first-order valence-electron chi connectivity index (χ1n) is 14.8. The maximum atomic E-state index is 12.5. The molecule has 2 aromatic heterocycles. The summed E-state index contributed by atoms with van der Waals surface area (Å²) in [7, 11) is 3.00. The maximum Gasteiger partial charge on any atom is 0.355 e. The minimum absolute atomic E-state index is 0.272. The van der Waals surface area contributed by atoms with Gasteiger partial charge in [0, 0.05) is 25.6 Å². The Morgan fingerprint density at radius 1 is 0.711 bits per heavy atom. The third kappa shape index (κ3) is 7.60. The van der Waals surface area contributed by atoms with Crippen LogP contribution in [0.2, 0.25) is 0 Å². The van der Waals surface area contributed by atoms with Gasteiger partial charge in [-0.2, -0.15) is 0 Å². The highest BCUT2D eigenvalue weighted by atomic mass is 16.8. The average Bonchev–Trinajstić information content (AvgIpc) is 3.64. The fourth-order valence-electron chi connectivity index (χ4n) is 5.91. The van der Waals surface area contributed by atoms with E-state index >= 15 is 0 Å². The molecule has 252 valence electrons.